The number of hydrogen-bond donors (Lipinski definition) is 0. The standard InChI is InChI=1S/C21H20N2O3S/c1-23-17(15-6-3-2-4-7-15)13-22-21(23)27-14-18(24)16-8-9-19-20(12-16)26-11-5-10-25-19/h2-4,6-9,12-13H,5,10-11,14H2,1H3. The first-order chi connectivity index (χ1) is 13.2. The Morgan fingerprint density at radius 1 is 1.11 bits per heavy atom. The molecule has 0 amide bonds. The number of benzene rings is 2. The van der Waals surface area contributed by atoms with Gasteiger partial charge in [0.15, 0.2) is 22.4 Å². The third-order valence-electron chi connectivity index (χ3n) is 4.42. The lowest BCUT2D eigenvalue weighted by Crippen LogP contribution is -2.05. The second-order valence-electron chi connectivity index (χ2n) is 6.27. The molecule has 2 aromatic carbocycles. The van der Waals surface area contributed by atoms with E-state index in [4.69, 9.17) is 9.47 Å². The first-order valence-electron chi connectivity index (χ1n) is 8.85. The minimum atomic E-state index is 0.0416. The molecule has 27 heavy (non-hydrogen) atoms. The molecule has 0 saturated carbocycles. The lowest BCUT2D eigenvalue weighted by molar-refractivity contribution is 0.102. The van der Waals surface area contributed by atoms with Gasteiger partial charge in [0, 0.05) is 19.0 Å². The zero-order chi connectivity index (χ0) is 18.6. The molecule has 0 saturated heterocycles. The number of ketones is 1. The van der Waals surface area contributed by atoms with Gasteiger partial charge in [-0.2, -0.15) is 0 Å². The van der Waals surface area contributed by atoms with Gasteiger partial charge in [-0.3, -0.25) is 4.79 Å². The molecule has 4 rings (SSSR count). The van der Waals surface area contributed by atoms with Crippen LogP contribution in [-0.2, 0) is 7.05 Å². The molecular weight excluding hydrogens is 360 g/mol. The number of thioether (sulfide) groups is 1. The van der Waals surface area contributed by atoms with Crippen LogP contribution in [0, 0.1) is 0 Å². The third-order valence-corrected chi connectivity index (χ3v) is 5.46. The second-order valence-corrected chi connectivity index (χ2v) is 7.22. The zero-order valence-corrected chi connectivity index (χ0v) is 15.9. The van der Waals surface area contributed by atoms with Crippen LogP contribution in [0.1, 0.15) is 16.8 Å². The molecular formula is C21H20N2O3S. The van der Waals surface area contributed by atoms with E-state index >= 15 is 0 Å². The van der Waals surface area contributed by atoms with Gasteiger partial charge in [0.1, 0.15) is 0 Å². The highest BCUT2D eigenvalue weighted by Gasteiger charge is 2.16. The van der Waals surface area contributed by atoms with Crippen LogP contribution in [0.5, 0.6) is 11.5 Å². The maximum Gasteiger partial charge on any atom is 0.173 e. The summed E-state index contributed by atoms with van der Waals surface area (Å²) in [5.74, 6) is 1.71. The van der Waals surface area contributed by atoms with Crippen LogP contribution in [0.4, 0.5) is 0 Å². The van der Waals surface area contributed by atoms with E-state index < -0.39 is 0 Å². The first kappa shape index (κ1) is 17.7. The summed E-state index contributed by atoms with van der Waals surface area (Å²) in [6.45, 7) is 1.24. The highest BCUT2D eigenvalue weighted by atomic mass is 32.2. The van der Waals surface area contributed by atoms with Crippen LogP contribution in [0.25, 0.3) is 11.3 Å². The fourth-order valence-electron chi connectivity index (χ4n) is 2.95. The monoisotopic (exact) mass is 380 g/mol. The lowest BCUT2D eigenvalue weighted by Gasteiger charge is -2.09. The minimum Gasteiger partial charge on any atom is -0.490 e. The molecule has 0 radical (unpaired) electrons. The number of fused-ring (bicyclic) bond motifs is 1. The molecule has 5 nitrogen and oxygen atoms in total. The number of nitrogens with zero attached hydrogens (tertiary/aromatic N) is 2. The Labute approximate surface area is 162 Å². The summed E-state index contributed by atoms with van der Waals surface area (Å²) in [6.07, 6.45) is 2.69. The Morgan fingerprint density at radius 3 is 2.70 bits per heavy atom. The van der Waals surface area contributed by atoms with Gasteiger partial charge >= 0.3 is 0 Å². The molecule has 3 aromatic rings. The van der Waals surface area contributed by atoms with Crippen molar-refractivity contribution < 1.29 is 14.3 Å². The van der Waals surface area contributed by atoms with E-state index in [-0.39, 0.29) is 5.78 Å². The first-order valence-corrected chi connectivity index (χ1v) is 9.84. The molecule has 1 aromatic heterocycles. The minimum absolute atomic E-state index is 0.0416. The van der Waals surface area contributed by atoms with Crippen LogP contribution < -0.4 is 9.47 Å². The number of rotatable bonds is 5. The van der Waals surface area contributed by atoms with Gasteiger partial charge in [-0.25, -0.2) is 4.98 Å². The maximum absolute atomic E-state index is 12.6. The van der Waals surface area contributed by atoms with E-state index in [9.17, 15) is 4.79 Å². The fraction of sp³-hybridized carbons (Fsp3) is 0.238. The van der Waals surface area contributed by atoms with Crippen LogP contribution >= 0.6 is 11.8 Å². The van der Waals surface area contributed by atoms with Crippen molar-refractivity contribution in [1.82, 2.24) is 9.55 Å². The number of imidazole rings is 1. The molecule has 6 heteroatoms. The normalized spacial score (nSPS) is 13.2. The fourth-order valence-corrected chi connectivity index (χ4v) is 3.80. The van der Waals surface area contributed by atoms with Crippen molar-refractivity contribution >= 4 is 17.5 Å². The Morgan fingerprint density at radius 2 is 1.89 bits per heavy atom. The molecule has 0 N–H and O–H groups in total. The van der Waals surface area contributed by atoms with E-state index in [2.05, 4.69) is 4.98 Å². The number of hydrogen-bond acceptors (Lipinski definition) is 5. The molecule has 1 aliphatic heterocycles. The zero-order valence-electron chi connectivity index (χ0n) is 15.1. The van der Waals surface area contributed by atoms with Gasteiger partial charge in [-0.15, -0.1) is 0 Å². The van der Waals surface area contributed by atoms with Gasteiger partial charge in [-0.05, 0) is 23.8 Å². The quantitative estimate of drug-likeness (QED) is 0.490. The van der Waals surface area contributed by atoms with Crippen molar-refractivity contribution in [3.05, 3.63) is 60.3 Å². The average Bonchev–Trinajstić information content (AvgIpc) is 2.91. The van der Waals surface area contributed by atoms with E-state index in [0.29, 0.717) is 36.0 Å². The number of carbonyl (C=O) groups excluding carboxylic acids is 1. The highest BCUT2D eigenvalue weighted by Crippen LogP contribution is 2.31. The van der Waals surface area contributed by atoms with Gasteiger partial charge < -0.3 is 14.0 Å². The summed E-state index contributed by atoms with van der Waals surface area (Å²) in [4.78, 5) is 17.1. The van der Waals surface area contributed by atoms with E-state index in [1.807, 2.05) is 54.2 Å². The van der Waals surface area contributed by atoms with Crippen LogP contribution in [0.15, 0.2) is 59.9 Å². The van der Waals surface area contributed by atoms with Crippen molar-refractivity contribution in [2.45, 2.75) is 11.6 Å². The maximum atomic E-state index is 12.6. The largest absolute Gasteiger partial charge is 0.490 e. The topological polar surface area (TPSA) is 53.4 Å². The molecule has 0 spiro atoms. The van der Waals surface area contributed by atoms with Crippen molar-refractivity contribution in [3.63, 3.8) is 0 Å². The lowest BCUT2D eigenvalue weighted by atomic mass is 10.1. The summed E-state index contributed by atoms with van der Waals surface area (Å²) < 4.78 is 13.3. The Balaban J connectivity index is 1.46. The van der Waals surface area contributed by atoms with Crippen LogP contribution in [0.2, 0.25) is 0 Å². The van der Waals surface area contributed by atoms with Gasteiger partial charge in [-0.1, -0.05) is 42.1 Å². The van der Waals surface area contributed by atoms with Crippen molar-refractivity contribution in [1.29, 1.82) is 0 Å². The van der Waals surface area contributed by atoms with Crippen molar-refractivity contribution in [2.75, 3.05) is 19.0 Å². The summed E-state index contributed by atoms with van der Waals surface area (Å²) in [5, 5.41) is 0.816. The average molecular weight is 380 g/mol. The number of Topliss-reactive ketones (excluding diaryl/α,β-unsaturated/α-hetero) is 1. The number of aromatic nitrogens is 2. The van der Waals surface area contributed by atoms with Gasteiger partial charge in [0.05, 0.1) is 30.9 Å². The smallest absolute Gasteiger partial charge is 0.173 e. The summed E-state index contributed by atoms with van der Waals surface area (Å²) in [5.41, 5.74) is 2.76. The summed E-state index contributed by atoms with van der Waals surface area (Å²) in [6, 6.07) is 15.5. The highest BCUT2D eigenvalue weighted by molar-refractivity contribution is 7.99. The van der Waals surface area contributed by atoms with Gasteiger partial charge in [0.25, 0.3) is 0 Å². The van der Waals surface area contributed by atoms with Crippen LogP contribution in [-0.4, -0.2) is 34.3 Å². The molecule has 2 heterocycles. The molecule has 138 valence electrons. The predicted molar refractivity (Wildman–Crippen MR) is 106 cm³/mol. The molecule has 0 unspecified atom stereocenters. The Bertz CT molecular complexity index is 953. The van der Waals surface area contributed by atoms with Crippen LogP contribution in [0.3, 0.4) is 0 Å². The molecule has 0 bridgehead atoms. The predicted octanol–water partition coefficient (Wildman–Crippen LogP) is 4.22. The van der Waals surface area contributed by atoms with Crippen molar-refractivity contribution in [3.8, 4) is 22.8 Å². The summed E-state index contributed by atoms with van der Waals surface area (Å²) >= 11 is 1.44. The van der Waals surface area contributed by atoms with E-state index in [1.54, 1.807) is 12.1 Å². The number of ether oxygens (including phenoxy) is 2. The Kier molecular flexibility index (Phi) is 5.16. The molecule has 0 atom stereocenters. The van der Waals surface area contributed by atoms with E-state index in [0.717, 1.165) is 22.8 Å². The number of carbonyl (C=O) groups is 1. The van der Waals surface area contributed by atoms with Gasteiger partial charge in [0.2, 0.25) is 0 Å². The SMILES string of the molecule is Cn1c(-c2ccccc2)cnc1SCC(=O)c1ccc2c(c1)OCCCO2. The molecule has 1 aliphatic rings. The third kappa shape index (κ3) is 3.85. The Hall–Kier alpha value is -2.73. The second kappa shape index (κ2) is 7.88. The molecule has 0 aliphatic carbocycles. The summed E-state index contributed by atoms with van der Waals surface area (Å²) in [7, 11) is 1.97. The van der Waals surface area contributed by atoms with E-state index in [1.165, 1.54) is 11.8 Å². The molecule has 0 fully saturated rings. The van der Waals surface area contributed by atoms with Crippen molar-refractivity contribution in [2.24, 2.45) is 7.05 Å².